The van der Waals surface area contributed by atoms with Crippen LogP contribution in [-0.4, -0.2) is 17.5 Å². The van der Waals surface area contributed by atoms with Crippen molar-refractivity contribution < 1.29 is 17.5 Å². The van der Waals surface area contributed by atoms with Gasteiger partial charge in [0.15, 0.2) is 5.37 Å². The summed E-state index contributed by atoms with van der Waals surface area (Å²) < 4.78 is 36.0. The molecule has 1 aromatic rings. The van der Waals surface area contributed by atoms with E-state index in [-0.39, 0.29) is 0 Å². The third kappa shape index (κ3) is 2.90. The first-order valence-electron chi connectivity index (χ1n) is 4.64. The van der Waals surface area contributed by atoms with E-state index in [0.29, 0.717) is 12.8 Å². The highest BCUT2D eigenvalue weighted by atomic mass is 32.2. The first-order valence-corrected chi connectivity index (χ1v) is 6.11. The van der Waals surface area contributed by atoms with Crippen molar-refractivity contribution in [2.45, 2.75) is 25.1 Å². The molecule has 84 valence electrons. The zero-order valence-electron chi connectivity index (χ0n) is 8.54. The van der Waals surface area contributed by atoms with Gasteiger partial charge in [0.25, 0.3) is 0 Å². The lowest BCUT2D eigenvalue weighted by Gasteiger charge is -2.16. The maximum absolute atomic E-state index is 11.0. The molecular weight excluding hydrogens is 216 g/mol. The van der Waals surface area contributed by atoms with E-state index < -0.39 is 15.5 Å². The van der Waals surface area contributed by atoms with Gasteiger partial charge >= 0.3 is 0 Å². The molecular formula is C9H14N2O3S. The van der Waals surface area contributed by atoms with E-state index in [1.54, 1.807) is 17.0 Å². The van der Waals surface area contributed by atoms with Crippen molar-refractivity contribution in [2.75, 3.05) is 0 Å². The highest BCUT2D eigenvalue weighted by Crippen LogP contribution is 2.12. The van der Waals surface area contributed by atoms with Gasteiger partial charge in [-0.1, -0.05) is 19.9 Å². The average molecular weight is 230 g/mol. The molecule has 0 amide bonds. The van der Waals surface area contributed by atoms with Crippen LogP contribution in [0.1, 0.15) is 25.1 Å². The van der Waals surface area contributed by atoms with Gasteiger partial charge in [-0.05, 0) is 0 Å². The van der Waals surface area contributed by atoms with Crippen LogP contribution < -0.4 is 4.57 Å². The van der Waals surface area contributed by atoms with Gasteiger partial charge in [0.1, 0.15) is 22.5 Å². The standard InChI is InChI=1S/C9H14N2O3S/c1-3-5-9(15(12,13)14)11-7-6-10(4-2)8-11/h4,6-9H,2-3,5H2,1H3. The number of hydrogen-bond acceptors (Lipinski definition) is 3. The van der Waals surface area contributed by atoms with Crippen LogP contribution >= 0.6 is 0 Å². The summed E-state index contributed by atoms with van der Waals surface area (Å²) in [5.74, 6) is 0. The summed E-state index contributed by atoms with van der Waals surface area (Å²) in [7, 11) is -4.31. The number of hydrogen-bond donors (Lipinski definition) is 0. The Kier molecular flexibility index (Phi) is 3.65. The monoisotopic (exact) mass is 230 g/mol. The topological polar surface area (TPSA) is 66.0 Å². The fourth-order valence-corrected chi connectivity index (χ4v) is 2.30. The van der Waals surface area contributed by atoms with Crippen molar-refractivity contribution in [1.82, 2.24) is 4.57 Å². The lowest BCUT2D eigenvalue weighted by atomic mass is 10.3. The molecule has 0 spiro atoms. The summed E-state index contributed by atoms with van der Waals surface area (Å²) in [5, 5.41) is -1.02. The zero-order valence-corrected chi connectivity index (χ0v) is 9.35. The Labute approximate surface area is 89.4 Å². The van der Waals surface area contributed by atoms with Gasteiger partial charge < -0.3 is 4.55 Å². The second kappa shape index (κ2) is 4.59. The van der Waals surface area contributed by atoms with E-state index in [0.717, 1.165) is 0 Å². The van der Waals surface area contributed by atoms with E-state index >= 15 is 0 Å². The number of aromatic nitrogens is 2. The van der Waals surface area contributed by atoms with Gasteiger partial charge in [-0.15, -0.1) is 0 Å². The molecule has 0 aromatic carbocycles. The molecule has 0 fully saturated rings. The van der Waals surface area contributed by atoms with Gasteiger partial charge in [-0.25, -0.2) is 17.6 Å². The first kappa shape index (κ1) is 11.9. The normalized spacial score (nSPS) is 13.7. The molecule has 0 N–H and O–H groups in total. The number of imidazole rings is 1. The summed E-state index contributed by atoms with van der Waals surface area (Å²) in [6, 6.07) is 0. The van der Waals surface area contributed by atoms with Crippen LogP contribution in [0, 0.1) is 0 Å². The Hall–Kier alpha value is -1.14. The average Bonchev–Trinajstić information content (AvgIpc) is 2.60. The van der Waals surface area contributed by atoms with Crippen molar-refractivity contribution in [3.05, 3.63) is 25.3 Å². The molecule has 1 unspecified atom stereocenters. The molecule has 0 saturated heterocycles. The van der Waals surface area contributed by atoms with Crippen LogP contribution in [0.15, 0.2) is 25.3 Å². The van der Waals surface area contributed by atoms with Crippen molar-refractivity contribution >= 4 is 16.3 Å². The quantitative estimate of drug-likeness (QED) is 0.553. The van der Waals surface area contributed by atoms with Crippen LogP contribution in [0.5, 0.6) is 0 Å². The van der Waals surface area contributed by atoms with E-state index in [4.69, 9.17) is 0 Å². The summed E-state index contributed by atoms with van der Waals surface area (Å²) in [4.78, 5) is 0. The predicted octanol–water partition coefficient (Wildman–Crippen LogP) is 0.720. The number of nitrogens with zero attached hydrogens (tertiary/aromatic N) is 2. The minimum Gasteiger partial charge on any atom is -0.745 e. The highest BCUT2D eigenvalue weighted by molar-refractivity contribution is 7.85. The summed E-state index contributed by atoms with van der Waals surface area (Å²) >= 11 is 0. The van der Waals surface area contributed by atoms with Gasteiger partial charge in [0, 0.05) is 6.42 Å². The molecule has 0 radical (unpaired) electrons. The zero-order chi connectivity index (χ0) is 11.5. The molecule has 0 aliphatic carbocycles. The van der Waals surface area contributed by atoms with E-state index in [9.17, 15) is 13.0 Å². The molecule has 0 aliphatic heterocycles. The Bertz CT molecular complexity index is 436. The van der Waals surface area contributed by atoms with Gasteiger partial charge in [0.2, 0.25) is 6.33 Å². The highest BCUT2D eigenvalue weighted by Gasteiger charge is 2.22. The molecule has 15 heavy (non-hydrogen) atoms. The largest absolute Gasteiger partial charge is 0.745 e. The van der Waals surface area contributed by atoms with Crippen LogP contribution in [0.3, 0.4) is 0 Å². The summed E-state index contributed by atoms with van der Waals surface area (Å²) in [6.45, 7) is 5.37. The molecule has 6 heteroatoms. The molecule has 0 aliphatic rings. The van der Waals surface area contributed by atoms with Crippen LogP contribution in [0.4, 0.5) is 0 Å². The minimum atomic E-state index is -4.31. The Morgan fingerprint density at radius 3 is 2.73 bits per heavy atom. The fraction of sp³-hybridized carbons (Fsp3) is 0.444. The third-order valence-electron chi connectivity index (χ3n) is 2.09. The van der Waals surface area contributed by atoms with E-state index in [2.05, 4.69) is 6.58 Å². The van der Waals surface area contributed by atoms with Gasteiger partial charge in [-0.2, -0.15) is 0 Å². The van der Waals surface area contributed by atoms with Gasteiger partial charge in [-0.3, -0.25) is 0 Å². The Morgan fingerprint density at radius 2 is 2.33 bits per heavy atom. The maximum Gasteiger partial charge on any atom is 0.249 e. The Balaban J connectivity index is 3.04. The Morgan fingerprint density at radius 1 is 1.67 bits per heavy atom. The van der Waals surface area contributed by atoms with E-state index in [1.807, 2.05) is 6.92 Å². The van der Waals surface area contributed by atoms with Gasteiger partial charge in [0.05, 0.1) is 6.20 Å². The summed E-state index contributed by atoms with van der Waals surface area (Å²) in [6.07, 6.45) is 7.20. The third-order valence-corrected chi connectivity index (χ3v) is 3.24. The molecule has 1 heterocycles. The molecule has 1 aromatic heterocycles. The molecule has 1 rings (SSSR count). The molecule has 0 saturated carbocycles. The van der Waals surface area contributed by atoms with Crippen molar-refractivity contribution in [3.63, 3.8) is 0 Å². The van der Waals surface area contributed by atoms with Crippen molar-refractivity contribution in [2.24, 2.45) is 0 Å². The molecule has 1 atom stereocenters. The smallest absolute Gasteiger partial charge is 0.249 e. The molecule has 0 bridgehead atoms. The minimum absolute atomic E-state index is 0.317. The number of rotatable bonds is 5. The SMILES string of the molecule is C=Cn1cc[n+](C(CCC)S(=O)(=O)[O-])c1. The second-order valence-corrected chi connectivity index (χ2v) is 4.76. The lowest BCUT2D eigenvalue weighted by Crippen LogP contribution is -2.42. The summed E-state index contributed by atoms with van der Waals surface area (Å²) in [5.41, 5.74) is 0. The second-order valence-electron chi connectivity index (χ2n) is 3.23. The van der Waals surface area contributed by atoms with Crippen LogP contribution in [0.2, 0.25) is 0 Å². The maximum atomic E-state index is 11.0. The van der Waals surface area contributed by atoms with Crippen molar-refractivity contribution in [3.8, 4) is 0 Å². The molecule has 5 nitrogen and oxygen atoms in total. The fourth-order valence-electron chi connectivity index (χ4n) is 1.35. The van der Waals surface area contributed by atoms with Crippen LogP contribution in [0.25, 0.3) is 6.20 Å². The predicted molar refractivity (Wildman–Crippen MR) is 54.7 cm³/mol. The van der Waals surface area contributed by atoms with Crippen LogP contribution in [-0.2, 0) is 10.1 Å². The van der Waals surface area contributed by atoms with E-state index in [1.165, 1.54) is 17.1 Å². The lowest BCUT2D eigenvalue weighted by molar-refractivity contribution is -0.702. The first-order chi connectivity index (χ1) is 6.99. The van der Waals surface area contributed by atoms with Crippen molar-refractivity contribution in [1.29, 1.82) is 0 Å².